The molecule has 0 amide bonds. The Hall–Kier alpha value is -2.21. The highest BCUT2D eigenvalue weighted by atomic mass is 19.1. The molecule has 0 saturated carbocycles. The van der Waals surface area contributed by atoms with Gasteiger partial charge in [-0.05, 0) is 37.0 Å². The molecule has 0 radical (unpaired) electrons. The smallest absolute Gasteiger partial charge is 0.134 e. The van der Waals surface area contributed by atoms with Gasteiger partial charge in [0, 0.05) is 51.9 Å². The summed E-state index contributed by atoms with van der Waals surface area (Å²) in [6.45, 7) is 7.08. The van der Waals surface area contributed by atoms with Crippen molar-refractivity contribution in [1.82, 2.24) is 14.9 Å². The normalized spacial score (nSPS) is 19.0. The minimum atomic E-state index is -0.173. The van der Waals surface area contributed by atoms with E-state index in [0.717, 1.165) is 63.9 Å². The molecule has 2 aliphatic heterocycles. The lowest BCUT2D eigenvalue weighted by Gasteiger charge is -2.24. The maximum absolute atomic E-state index is 13.1. The van der Waals surface area contributed by atoms with E-state index >= 15 is 0 Å². The van der Waals surface area contributed by atoms with Crippen LogP contribution in [0.3, 0.4) is 0 Å². The van der Waals surface area contributed by atoms with Gasteiger partial charge in [0.25, 0.3) is 0 Å². The standard InChI is InChI=1S/C20H26FN5/c21-18-6-4-17(5-7-18)15-24-8-3-11-26(13-12-24)20-14-19(22-16-23-20)25-9-1-2-10-25/h4-7,14,16H,1-3,8-13,15H2. The highest BCUT2D eigenvalue weighted by Gasteiger charge is 2.19. The summed E-state index contributed by atoms with van der Waals surface area (Å²) in [4.78, 5) is 16.1. The lowest BCUT2D eigenvalue weighted by molar-refractivity contribution is 0.285. The summed E-state index contributed by atoms with van der Waals surface area (Å²) < 4.78 is 13.1. The van der Waals surface area contributed by atoms with Crippen molar-refractivity contribution < 1.29 is 4.39 Å². The van der Waals surface area contributed by atoms with Crippen molar-refractivity contribution in [3.8, 4) is 0 Å². The molecule has 5 nitrogen and oxygen atoms in total. The van der Waals surface area contributed by atoms with Crippen molar-refractivity contribution in [1.29, 1.82) is 0 Å². The van der Waals surface area contributed by atoms with Crippen LogP contribution < -0.4 is 9.80 Å². The van der Waals surface area contributed by atoms with Gasteiger partial charge in [-0.1, -0.05) is 12.1 Å². The van der Waals surface area contributed by atoms with Gasteiger partial charge in [0.15, 0.2) is 0 Å². The fraction of sp³-hybridized carbons (Fsp3) is 0.500. The lowest BCUT2D eigenvalue weighted by Crippen LogP contribution is -2.31. The van der Waals surface area contributed by atoms with Crippen molar-refractivity contribution in [3.05, 3.63) is 48.0 Å². The predicted molar refractivity (Wildman–Crippen MR) is 102 cm³/mol. The van der Waals surface area contributed by atoms with Crippen molar-refractivity contribution >= 4 is 11.6 Å². The topological polar surface area (TPSA) is 35.5 Å². The van der Waals surface area contributed by atoms with Crippen LogP contribution in [0, 0.1) is 5.82 Å². The average Bonchev–Trinajstić information content (AvgIpc) is 3.11. The molecule has 0 unspecified atom stereocenters. The first-order valence-electron chi connectivity index (χ1n) is 9.57. The number of benzene rings is 1. The molecule has 2 aliphatic rings. The molecule has 6 heteroatoms. The van der Waals surface area contributed by atoms with Crippen LogP contribution in [0.4, 0.5) is 16.0 Å². The van der Waals surface area contributed by atoms with E-state index in [1.165, 1.54) is 18.4 Å². The first kappa shape index (κ1) is 17.2. The maximum Gasteiger partial charge on any atom is 0.134 e. The zero-order valence-corrected chi connectivity index (χ0v) is 15.1. The third-order valence-electron chi connectivity index (χ3n) is 5.30. The average molecular weight is 355 g/mol. The molecule has 0 aliphatic carbocycles. The van der Waals surface area contributed by atoms with E-state index in [9.17, 15) is 4.39 Å². The Morgan fingerprint density at radius 1 is 0.769 bits per heavy atom. The second-order valence-electron chi connectivity index (χ2n) is 7.17. The van der Waals surface area contributed by atoms with Crippen LogP contribution in [-0.4, -0.2) is 54.1 Å². The molecular formula is C20H26FN5. The molecule has 0 spiro atoms. The van der Waals surface area contributed by atoms with E-state index in [1.54, 1.807) is 18.5 Å². The first-order chi connectivity index (χ1) is 12.8. The van der Waals surface area contributed by atoms with Crippen LogP contribution in [0.5, 0.6) is 0 Å². The molecule has 3 heterocycles. The Balaban J connectivity index is 1.39. The van der Waals surface area contributed by atoms with E-state index in [0.29, 0.717) is 0 Å². The number of rotatable bonds is 4. The minimum Gasteiger partial charge on any atom is -0.356 e. The highest BCUT2D eigenvalue weighted by molar-refractivity contribution is 5.50. The zero-order valence-electron chi connectivity index (χ0n) is 15.1. The van der Waals surface area contributed by atoms with Crippen LogP contribution in [0.25, 0.3) is 0 Å². The van der Waals surface area contributed by atoms with Crippen molar-refractivity contribution in [2.45, 2.75) is 25.8 Å². The molecule has 2 aromatic rings. The number of hydrogen-bond acceptors (Lipinski definition) is 5. The summed E-state index contributed by atoms with van der Waals surface area (Å²) in [5.41, 5.74) is 1.17. The fourth-order valence-electron chi connectivity index (χ4n) is 3.84. The molecule has 0 N–H and O–H groups in total. The van der Waals surface area contributed by atoms with Crippen LogP contribution in [0.2, 0.25) is 0 Å². The third-order valence-corrected chi connectivity index (χ3v) is 5.30. The van der Waals surface area contributed by atoms with Crippen molar-refractivity contribution in [2.75, 3.05) is 49.1 Å². The van der Waals surface area contributed by atoms with Gasteiger partial charge in [0.05, 0.1) is 0 Å². The number of aromatic nitrogens is 2. The van der Waals surface area contributed by atoms with Gasteiger partial charge < -0.3 is 9.80 Å². The Morgan fingerprint density at radius 2 is 1.42 bits per heavy atom. The Labute approximate surface area is 154 Å². The second kappa shape index (κ2) is 7.99. The Morgan fingerprint density at radius 3 is 2.15 bits per heavy atom. The third kappa shape index (κ3) is 4.12. The van der Waals surface area contributed by atoms with Crippen LogP contribution in [-0.2, 0) is 6.54 Å². The molecule has 2 saturated heterocycles. The van der Waals surface area contributed by atoms with Gasteiger partial charge in [0.2, 0.25) is 0 Å². The molecular weight excluding hydrogens is 329 g/mol. The van der Waals surface area contributed by atoms with E-state index in [1.807, 2.05) is 12.1 Å². The summed E-state index contributed by atoms with van der Waals surface area (Å²) in [5.74, 6) is 1.92. The molecule has 0 bridgehead atoms. The minimum absolute atomic E-state index is 0.173. The van der Waals surface area contributed by atoms with Gasteiger partial charge >= 0.3 is 0 Å². The second-order valence-corrected chi connectivity index (χ2v) is 7.17. The Kier molecular flexibility index (Phi) is 5.29. The number of nitrogens with zero attached hydrogens (tertiary/aromatic N) is 5. The van der Waals surface area contributed by atoms with E-state index in [2.05, 4.69) is 30.7 Å². The van der Waals surface area contributed by atoms with Crippen molar-refractivity contribution in [2.24, 2.45) is 0 Å². The first-order valence-corrected chi connectivity index (χ1v) is 9.57. The van der Waals surface area contributed by atoms with Gasteiger partial charge in [-0.15, -0.1) is 0 Å². The maximum atomic E-state index is 13.1. The van der Waals surface area contributed by atoms with Crippen LogP contribution >= 0.6 is 0 Å². The molecule has 2 fully saturated rings. The lowest BCUT2D eigenvalue weighted by atomic mass is 10.2. The SMILES string of the molecule is Fc1ccc(CN2CCCN(c3cc(N4CCCC4)ncn3)CC2)cc1. The number of hydrogen-bond donors (Lipinski definition) is 0. The Bertz CT molecular complexity index is 714. The van der Waals surface area contributed by atoms with E-state index < -0.39 is 0 Å². The summed E-state index contributed by atoms with van der Waals surface area (Å²) in [6.07, 6.45) is 5.30. The molecule has 26 heavy (non-hydrogen) atoms. The number of anilines is 2. The molecule has 4 rings (SSSR count). The molecule has 0 atom stereocenters. The number of halogens is 1. The molecule has 138 valence electrons. The van der Waals surface area contributed by atoms with E-state index in [4.69, 9.17) is 0 Å². The molecule has 1 aromatic heterocycles. The summed E-state index contributed by atoms with van der Waals surface area (Å²) >= 11 is 0. The predicted octanol–water partition coefficient (Wildman–Crippen LogP) is 2.93. The quantitative estimate of drug-likeness (QED) is 0.843. The van der Waals surface area contributed by atoms with Crippen LogP contribution in [0.1, 0.15) is 24.8 Å². The van der Waals surface area contributed by atoms with Gasteiger partial charge in [-0.2, -0.15) is 0 Å². The highest BCUT2D eigenvalue weighted by Crippen LogP contribution is 2.22. The molecule has 1 aromatic carbocycles. The largest absolute Gasteiger partial charge is 0.356 e. The van der Waals surface area contributed by atoms with Crippen molar-refractivity contribution in [3.63, 3.8) is 0 Å². The summed E-state index contributed by atoms with van der Waals surface area (Å²) in [5, 5.41) is 0. The zero-order chi connectivity index (χ0) is 17.8. The fourth-order valence-corrected chi connectivity index (χ4v) is 3.84. The summed E-state index contributed by atoms with van der Waals surface area (Å²) in [7, 11) is 0. The van der Waals surface area contributed by atoms with Gasteiger partial charge in [-0.25, -0.2) is 14.4 Å². The van der Waals surface area contributed by atoms with Gasteiger partial charge in [0.1, 0.15) is 23.8 Å². The van der Waals surface area contributed by atoms with Gasteiger partial charge in [-0.3, -0.25) is 4.90 Å². The summed E-state index contributed by atoms with van der Waals surface area (Å²) in [6, 6.07) is 8.98. The monoisotopic (exact) mass is 355 g/mol. The van der Waals surface area contributed by atoms with E-state index in [-0.39, 0.29) is 5.82 Å². The van der Waals surface area contributed by atoms with Crippen LogP contribution in [0.15, 0.2) is 36.7 Å².